The predicted octanol–water partition coefficient (Wildman–Crippen LogP) is 5.04. The summed E-state index contributed by atoms with van der Waals surface area (Å²) in [6.45, 7) is 5.13. The Morgan fingerprint density at radius 1 is 1.13 bits per heavy atom. The van der Waals surface area contributed by atoms with Crippen LogP contribution in [0, 0.1) is 6.92 Å². The molecule has 0 N–H and O–H groups in total. The Kier molecular flexibility index (Phi) is 6.36. The lowest BCUT2D eigenvalue weighted by atomic mass is 9.98. The first kappa shape index (κ1) is 21.9. The molecule has 0 radical (unpaired) electrons. The zero-order valence-corrected chi connectivity index (χ0v) is 17.7. The fraction of sp³-hybridized carbons (Fsp3) is 0.565. The van der Waals surface area contributed by atoms with E-state index in [0.29, 0.717) is 36.2 Å². The number of benzene rings is 1. The van der Waals surface area contributed by atoms with Crippen molar-refractivity contribution in [2.75, 3.05) is 19.6 Å². The highest BCUT2D eigenvalue weighted by molar-refractivity contribution is 5.78. The number of aromatic nitrogens is 1. The number of alkyl halides is 3. The molecule has 0 spiro atoms. The summed E-state index contributed by atoms with van der Waals surface area (Å²) in [5, 5.41) is 0. The fourth-order valence-electron chi connectivity index (χ4n) is 4.53. The van der Waals surface area contributed by atoms with Crippen LogP contribution in [0.1, 0.15) is 55.5 Å². The molecule has 0 aliphatic carbocycles. The molecule has 168 valence electrons. The van der Waals surface area contributed by atoms with Gasteiger partial charge in [-0.2, -0.15) is 13.2 Å². The number of hydrogen-bond donors (Lipinski definition) is 0. The Morgan fingerprint density at radius 2 is 1.90 bits per heavy atom. The van der Waals surface area contributed by atoms with E-state index in [-0.39, 0.29) is 5.91 Å². The van der Waals surface area contributed by atoms with Gasteiger partial charge < -0.3 is 9.32 Å². The first-order valence-electron chi connectivity index (χ1n) is 11.0. The van der Waals surface area contributed by atoms with Gasteiger partial charge in [-0.3, -0.25) is 9.69 Å². The van der Waals surface area contributed by atoms with Gasteiger partial charge in [-0.25, -0.2) is 4.98 Å². The maximum Gasteiger partial charge on any atom is 0.416 e. The van der Waals surface area contributed by atoms with Crippen LogP contribution in [0.2, 0.25) is 0 Å². The molecule has 0 bridgehead atoms. The number of oxazole rings is 1. The van der Waals surface area contributed by atoms with Gasteiger partial charge >= 0.3 is 6.18 Å². The summed E-state index contributed by atoms with van der Waals surface area (Å²) in [5.74, 6) is 1.29. The quantitative estimate of drug-likeness (QED) is 0.638. The number of aryl methyl sites for hydroxylation is 1. The second kappa shape index (κ2) is 9.02. The SMILES string of the molecule is Cc1oc(-c2ccc(C(F)(F)F)cc2)nc1CN1CCCCC1CCN1CCCC1=O. The third kappa shape index (κ3) is 5.11. The van der Waals surface area contributed by atoms with Crippen LogP contribution in [-0.4, -0.2) is 46.4 Å². The molecule has 8 heteroatoms. The summed E-state index contributed by atoms with van der Waals surface area (Å²) >= 11 is 0. The summed E-state index contributed by atoms with van der Waals surface area (Å²) in [6, 6.07) is 5.29. The predicted molar refractivity (Wildman–Crippen MR) is 110 cm³/mol. The van der Waals surface area contributed by atoms with Gasteiger partial charge in [0, 0.05) is 37.7 Å². The van der Waals surface area contributed by atoms with Crippen molar-refractivity contribution in [2.45, 2.75) is 64.2 Å². The lowest BCUT2D eigenvalue weighted by Gasteiger charge is -2.36. The normalized spacial score (nSPS) is 20.6. The largest absolute Gasteiger partial charge is 0.441 e. The Morgan fingerprint density at radius 3 is 2.58 bits per heavy atom. The number of hydrogen-bond acceptors (Lipinski definition) is 4. The van der Waals surface area contributed by atoms with Crippen molar-refractivity contribution in [2.24, 2.45) is 0 Å². The Bertz CT molecular complexity index is 908. The van der Waals surface area contributed by atoms with Crippen LogP contribution < -0.4 is 0 Å². The van der Waals surface area contributed by atoms with Crippen molar-refractivity contribution in [3.8, 4) is 11.5 Å². The Hall–Kier alpha value is -2.35. The van der Waals surface area contributed by atoms with Gasteiger partial charge in [0.15, 0.2) is 0 Å². The zero-order valence-electron chi connectivity index (χ0n) is 17.7. The number of nitrogens with zero attached hydrogens (tertiary/aromatic N) is 3. The molecule has 1 aromatic carbocycles. The van der Waals surface area contributed by atoms with Crippen molar-refractivity contribution >= 4 is 5.91 Å². The molecule has 3 heterocycles. The molecule has 1 atom stereocenters. The second-order valence-electron chi connectivity index (χ2n) is 8.49. The molecular formula is C23H28F3N3O2. The van der Waals surface area contributed by atoms with Crippen molar-refractivity contribution in [3.63, 3.8) is 0 Å². The Balaban J connectivity index is 1.43. The van der Waals surface area contributed by atoms with Crippen molar-refractivity contribution in [3.05, 3.63) is 41.3 Å². The van der Waals surface area contributed by atoms with Gasteiger partial charge in [-0.1, -0.05) is 6.42 Å². The van der Waals surface area contributed by atoms with E-state index in [1.165, 1.54) is 18.6 Å². The second-order valence-corrected chi connectivity index (χ2v) is 8.49. The number of amides is 1. The average molecular weight is 435 g/mol. The number of carbonyl (C=O) groups is 1. The van der Waals surface area contributed by atoms with Gasteiger partial charge in [0.25, 0.3) is 0 Å². The summed E-state index contributed by atoms with van der Waals surface area (Å²) < 4.78 is 44.2. The van der Waals surface area contributed by atoms with Gasteiger partial charge in [0.2, 0.25) is 11.8 Å². The van der Waals surface area contributed by atoms with Crippen LogP contribution >= 0.6 is 0 Å². The minimum Gasteiger partial charge on any atom is -0.441 e. The third-order valence-electron chi connectivity index (χ3n) is 6.36. The smallest absolute Gasteiger partial charge is 0.416 e. The summed E-state index contributed by atoms with van der Waals surface area (Å²) in [4.78, 5) is 20.9. The van der Waals surface area contributed by atoms with Crippen molar-refractivity contribution in [1.82, 2.24) is 14.8 Å². The van der Waals surface area contributed by atoms with Gasteiger partial charge in [-0.05, 0) is 63.4 Å². The highest BCUT2D eigenvalue weighted by Crippen LogP contribution is 2.32. The van der Waals surface area contributed by atoms with Gasteiger partial charge in [0.05, 0.1) is 11.3 Å². The van der Waals surface area contributed by atoms with Crippen LogP contribution in [0.4, 0.5) is 13.2 Å². The number of carbonyl (C=O) groups excluding carboxylic acids is 1. The monoisotopic (exact) mass is 435 g/mol. The third-order valence-corrected chi connectivity index (χ3v) is 6.36. The standard InChI is InChI=1S/C23H28F3N3O2/c1-16-20(27-22(31-16)17-7-9-18(10-8-17)23(24,25)26)15-29-12-3-2-5-19(29)11-14-28-13-4-6-21(28)30/h7-10,19H,2-6,11-15H2,1H3. The van der Waals surface area contributed by atoms with Crippen molar-refractivity contribution < 1.29 is 22.4 Å². The van der Waals surface area contributed by atoms with Crippen LogP contribution in [0.25, 0.3) is 11.5 Å². The maximum atomic E-state index is 12.8. The average Bonchev–Trinajstić information content (AvgIpc) is 3.32. The molecule has 0 saturated carbocycles. The molecule has 31 heavy (non-hydrogen) atoms. The lowest BCUT2D eigenvalue weighted by Crippen LogP contribution is -2.41. The van der Waals surface area contributed by atoms with E-state index in [2.05, 4.69) is 9.88 Å². The first-order chi connectivity index (χ1) is 14.8. The molecule has 2 aliphatic heterocycles. The first-order valence-corrected chi connectivity index (χ1v) is 11.0. The molecule has 1 aromatic heterocycles. The van der Waals surface area contributed by atoms with E-state index in [1.807, 2.05) is 11.8 Å². The van der Waals surface area contributed by atoms with Crippen molar-refractivity contribution in [1.29, 1.82) is 0 Å². The van der Waals surface area contributed by atoms with Crippen LogP contribution in [0.15, 0.2) is 28.7 Å². The van der Waals surface area contributed by atoms with E-state index in [9.17, 15) is 18.0 Å². The van der Waals surface area contributed by atoms with Gasteiger partial charge in [0.1, 0.15) is 5.76 Å². The zero-order chi connectivity index (χ0) is 22.0. The number of piperidine rings is 1. The number of halogens is 3. The van der Waals surface area contributed by atoms with Crippen LogP contribution in [0.3, 0.4) is 0 Å². The molecule has 2 aromatic rings. The van der Waals surface area contributed by atoms with Crippen LogP contribution in [0.5, 0.6) is 0 Å². The Labute approximate surface area is 180 Å². The molecule has 2 saturated heterocycles. The van der Waals surface area contributed by atoms with E-state index in [1.54, 1.807) is 0 Å². The van der Waals surface area contributed by atoms with E-state index < -0.39 is 11.7 Å². The molecule has 2 fully saturated rings. The van der Waals surface area contributed by atoms with Crippen LogP contribution in [-0.2, 0) is 17.5 Å². The molecule has 1 unspecified atom stereocenters. The minimum atomic E-state index is -4.36. The molecule has 4 rings (SSSR count). The minimum absolute atomic E-state index is 0.260. The highest BCUT2D eigenvalue weighted by Gasteiger charge is 2.30. The molecule has 2 aliphatic rings. The fourth-order valence-corrected chi connectivity index (χ4v) is 4.53. The van der Waals surface area contributed by atoms with E-state index in [4.69, 9.17) is 4.42 Å². The highest BCUT2D eigenvalue weighted by atomic mass is 19.4. The van der Waals surface area contributed by atoms with E-state index >= 15 is 0 Å². The molecule has 1 amide bonds. The number of rotatable bonds is 6. The van der Waals surface area contributed by atoms with Gasteiger partial charge in [-0.15, -0.1) is 0 Å². The summed E-state index contributed by atoms with van der Waals surface area (Å²) in [6.07, 6.45) is 1.63. The maximum absolute atomic E-state index is 12.8. The number of likely N-dealkylation sites (tertiary alicyclic amines) is 2. The summed E-state index contributed by atoms with van der Waals surface area (Å²) in [7, 11) is 0. The lowest BCUT2D eigenvalue weighted by molar-refractivity contribution is -0.137. The molecular weight excluding hydrogens is 407 g/mol. The topological polar surface area (TPSA) is 49.6 Å². The van der Waals surface area contributed by atoms with E-state index in [0.717, 1.165) is 63.1 Å². The molecule has 5 nitrogen and oxygen atoms in total. The summed E-state index contributed by atoms with van der Waals surface area (Å²) in [5.41, 5.74) is 0.663.